The molecule has 2 N–H and O–H groups in total. The highest BCUT2D eigenvalue weighted by Gasteiger charge is 2.21. The summed E-state index contributed by atoms with van der Waals surface area (Å²) < 4.78 is 24.8. The summed E-state index contributed by atoms with van der Waals surface area (Å²) in [6.45, 7) is 2.30. The van der Waals surface area contributed by atoms with Gasteiger partial charge in [-0.25, -0.2) is 8.42 Å². The van der Waals surface area contributed by atoms with E-state index in [9.17, 15) is 13.2 Å². The van der Waals surface area contributed by atoms with Crippen LogP contribution < -0.4 is 5.32 Å². The van der Waals surface area contributed by atoms with E-state index in [2.05, 4.69) is 16.4 Å². The molecule has 27 heavy (non-hydrogen) atoms. The summed E-state index contributed by atoms with van der Waals surface area (Å²) in [5, 5.41) is 4.04. The molecule has 5 nitrogen and oxygen atoms in total. The maximum absolute atomic E-state index is 12.5. The zero-order valence-corrected chi connectivity index (χ0v) is 16.2. The van der Waals surface area contributed by atoms with Gasteiger partial charge in [0.25, 0.3) is 5.91 Å². The lowest BCUT2D eigenvalue weighted by Crippen LogP contribution is -2.26. The Labute approximate surface area is 159 Å². The molecule has 1 aromatic heterocycles. The molecule has 0 unspecified atom stereocenters. The minimum Gasteiger partial charge on any atom is -0.361 e. The molecule has 0 fully saturated rings. The first-order valence-corrected chi connectivity index (χ1v) is 10.8. The van der Waals surface area contributed by atoms with E-state index in [1.54, 1.807) is 18.2 Å². The molecule has 1 heterocycles. The number of fused-ring (bicyclic) bond motifs is 1. The van der Waals surface area contributed by atoms with Gasteiger partial charge in [0, 0.05) is 23.6 Å². The van der Waals surface area contributed by atoms with Crippen molar-refractivity contribution in [2.75, 3.05) is 12.3 Å². The Morgan fingerprint density at radius 3 is 2.63 bits per heavy atom. The fourth-order valence-corrected chi connectivity index (χ4v) is 4.76. The number of aromatic nitrogens is 1. The van der Waals surface area contributed by atoms with Gasteiger partial charge in [-0.15, -0.1) is 0 Å². The van der Waals surface area contributed by atoms with Crippen LogP contribution in [0.3, 0.4) is 0 Å². The molecule has 0 saturated carbocycles. The predicted octanol–water partition coefficient (Wildman–Crippen LogP) is 3.71. The number of benzene rings is 2. The Morgan fingerprint density at radius 2 is 1.81 bits per heavy atom. The Hall–Kier alpha value is -2.60. The zero-order valence-electron chi connectivity index (χ0n) is 15.4. The summed E-state index contributed by atoms with van der Waals surface area (Å²) in [5.41, 5.74) is 2.54. The number of rotatable bonds is 8. The van der Waals surface area contributed by atoms with Crippen molar-refractivity contribution in [2.45, 2.75) is 31.1 Å². The second-order valence-electron chi connectivity index (χ2n) is 6.53. The minimum atomic E-state index is -3.44. The molecule has 0 aliphatic rings. The van der Waals surface area contributed by atoms with Gasteiger partial charge in [0.1, 0.15) is 0 Å². The van der Waals surface area contributed by atoms with Crippen LogP contribution in [-0.2, 0) is 16.3 Å². The maximum Gasteiger partial charge on any atom is 0.252 e. The van der Waals surface area contributed by atoms with Gasteiger partial charge in [-0.05, 0) is 43.0 Å². The first-order valence-electron chi connectivity index (χ1n) is 9.18. The number of hydrogen-bond acceptors (Lipinski definition) is 3. The lowest BCUT2D eigenvalue weighted by atomic mass is 10.1. The number of para-hydroxylation sites is 1. The van der Waals surface area contributed by atoms with E-state index in [0.717, 1.165) is 18.4 Å². The van der Waals surface area contributed by atoms with Crippen molar-refractivity contribution in [3.8, 4) is 0 Å². The monoisotopic (exact) mass is 384 g/mol. The van der Waals surface area contributed by atoms with Crippen LogP contribution in [0.5, 0.6) is 0 Å². The molecule has 2 aromatic carbocycles. The molecule has 0 spiro atoms. The molecular weight excluding hydrogens is 360 g/mol. The third kappa shape index (κ3) is 4.39. The predicted molar refractivity (Wildman–Crippen MR) is 108 cm³/mol. The topological polar surface area (TPSA) is 79.0 Å². The van der Waals surface area contributed by atoms with E-state index in [1.807, 2.05) is 31.3 Å². The Balaban J connectivity index is 1.62. The number of nitrogens with one attached hydrogen (secondary N) is 2. The number of amides is 1. The summed E-state index contributed by atoms with van der Waals surface area (Å²) in [6, 6.07) is 14.5. The van der Waals surface area contributed by atoms with Gasteiger partial charge in [0.05, 0.1) is 16.2 Å². The van der Waals surface area contributed by atoms with Crippen LogP contribution >= 0.6 is 0 Å². The fraction of sp³-hybridized carbons (Fsp3) is 0.286. The van der Waals surface area contributed by atoms with E-state index in [4.69, 9.17) is 0 Å². The van der Waals surface area contributed by atoms with Gasteiger partial charge >= 0.3 is 0 Å². The number of carbonyl (C=O) groups is 1. The van der Waals surface area contributed by atoms with E-state index >= 15 is 0 Å². The van der Waals surface area contributed by atoms with Crippen molar-refractivity contribution in [2.24, 2.45) is 0 Å². The van der Waals surface area contributed by atoms with Crippen LogP contribution in [0.25, 0.3) is 10.9 Å². The summed E-state index contributed by atoms with van der Waals surface area (Å²) in [6.07, 6.45) is 4.12. The number of aromatic amines is 1. The second kappa shape index (κ2) is 8.39. The van der Waals surface area contributed by atoms with Crippen LogP contribution in [0, 0.1) is 0 Å². The van der Waals surface area contributed by atoms with Crippen LogP contribution in [0.1, 0.15) is 35.7 Å². The van der Waals surface area contributed by atoms with Gasteiger partial charge in [-0.2, -0.15) is 0 Å². The number of carbonyl (C=O) groups excluding carboxylic acids is 1. The lowest BCUT2D eigenvalue weighted by Gasteiger charge is -2.10. The molecule has 1 amide bonds. The lowest BCUT2D eigenvalue weighted by molar-refractivity contribution is 0.0950. The summed E-state index contributed by atoms with van der Waals surface area (Å²) in [7, 11) is -3.44. The van der Waals surface area contributed by atoms with Gasteiger partial charge < -0.3 is 10.3 Å². The molecule has 0 atom stereocenters. The SMILES string of the molecule is CCCS(=O)(=O)c1ccccc1C(=O)NCCCc1c[nH]c2ccccc12. The number of sulfone groups is 1. The Bertz CT molecular complexity index is 1040. The van der Waals surface area contributed by atoms with Gasteiger partial charge in [-0.3, -0.25) is 4.79 Å². The van der Waals surface area contributed by atoms with Crippen LogP contribution in [0.15, 0.2) is 59.6 Å². The molecule has 3 aromatic rings. The third-order valence-corrected chi connectivity index (χ3v) is 6.49. The van der Waals surface area contributed by atoms with Gasteiger partial charge in [-0.1, -0.05) is 37.3 Å². The summed E-state index contributed by atoms with van der Waals surface area (Å²) in [5.74, 6) is -0.304. The van der Waals surface area contributed by atoms with Crippen LogP contribution in [-0.4, -0.2) is 31.6 Å². The highest BCUT2D eigenvalue weighted by molar-refractivity contribution is 7.91. The van der Waals surface area contributed by atoms with Crippen molar-refractivity contribution in [1.29, 1.82) is 0 Å². The number of aryl methyl sites for hydroxylation is 1. The third-order valence-electron chi connectivity index (χ3n) is 4.52. The number of hydrogen-bond donors (Lipinski definition) is 2. The standard InChI is InChI=1S/C21H24N2O3S/c1-2-14-27(25,26)20-12-6-4-10-18(20)21(24)22-13-7-8-16-15-23-19-11-5-3-9-17(16)19/h3-6,9-12,15,23H,2,7-8,13-14H2,1H3,(H,22,24). The second-order valence-corrected chi connectivity index (χ2v) is 8.61. The molecule has 0 aliphatic heterocycles. The van der Waals surface area contributed by atoms with Crippen LogP contribution in [0.4, 0.5) is 0 Å². The molecule has 6 heteroatoms. The average Bonchev–Trinajstić information content (AvgIpc) is 3.08. The quantitative estimate of drug-likeness (QED) is 0.581. The zero-order chi connectivity index (χ0) is 19.3. The summed E-state index contributed by atoms with van der Waals surface area (Å²) in [4.78, 5) is 15.9. The van der Waals surface area contributed by atoms with Crippen molar-refractivity contribution < 1.29 is 13.2 Å². The minimum absolute atomic E-state index is 0.0395. The van der Waals surface area contributed by atoms with E-state index < -0.39 is 9.84 Å². The van der Waals surface area contributed by atoms with E-state index in [-0.39, 0.29) is 22.1 Å². The van der Waals surface area contributed by atoms with Gasteiger partial charge in [0.15, 0.2) is 9.84 Å². The highest BCUT2D eigenvalue weighted by atomic mass is 32.2. The summed E-state index contributed by atoms with van der Waals surface area (Å²) >= 11 is 0. The first kappa shape index (κ1) is 19.2. The fourth-order valence-electron chi connectivity index (χ4n) is 3.22. The smallest absolute Gasteiger partial charge is 0.252 e. The normalized spacial score (nSPS) is 11.6. The molecule has 0 bridgehead atoms. The van der Waals surface area contributed by atoms with Crippen molar-refractivity contribution in [3.63, 3.8) is 0 Å². The van der Waals surface area contributed by atoms with Crippen molar-refractivity contribution >= 4 is 26.6 Å². The van der Waals surface area contributed by atoms with Crippen LogP contribution in [0.2, 0.25) is 0 Å². The van der Waals surface area contributed by atoms with E-state index in [0.29, 0.717) is 13.0 Å². The maximum atomic E-state index is 12.5. The van der Waals surface area contributed by atoms with E-state index in [1.165, 1.54) is 17.0 Å². The molecule has 0 radical (unpaired) electrons. The van der Waals surface area contributed by atoms with Gasteiger partial charge in [0.2, 0.25) is 0 Å². The average molecular weight is 385 g/mol. The first-order chi connectivity index (χ1) is 13.0. The molecular formula is C21H24N2O3S. The van der Waals surface area contributed by atoms with Crippen molar-refractivity contribution in [3.05, 3.63) is 65.9 Å². The number of H-pyrrole nitrogens is 1. The Morgan fingerprint density at radius 1 is 1.07 bits per heavy atom. The van der Waals surface area contributed by atoms with Crippen molar-refractivity contribution in [1.82, 2.24) is 10.3 Å². The molecule has 3 rings (SSSR count). The largest absolute Gasteiger partial charge is 0.361 e. The molecule has 0 aliphatic carbocycles. The Kier molecular flexibility index (Phi) is 5.96. The molecule has 142 valence electrons. The molecule has 0 saturated heterocycles. The highest BCUT2D eigenvalue weighted by Crippen LogP contribution is 2.19.